The summed E-state index contributed by atoms with van der Waals surface area (Å²) in [6.07, 6.45) is 0.465. The topological polar surface area (TPSA) is 134 Å². The van der Waals surface area contributed by atoms with Gasteiger partial charge in [0.25, 0.3) is 11.2 Å². The third kappa shape index (κ3) is 4.67. The number of non-ortho nitro benzene ring substituents is 1. The molecule has 9 nitrogen and oxygen atoms in total. The maximum Gasteiger partial charge on any atom is 0.281 e. The van der Waals surface area contributed by atoms with Crippen LogP contribution in [0.4, 0.5) is 17.1 Å². The number of aromatic nitrogens is 1. The first-order valence-corrected chi connectivity index (χ1v) is 9.88. The van der Waals surface area contributed by atoms with Gasteiger partial charge in [0.2, 0.25) is 5.88 Å². The first-order valence-electron chi connectivity index (χ1n) is 9.09. The van der Waals surface area contributed by atoms with E-state index >= 15 is 0 Å². The number of nitro benzene ring substituents is 1. The van der Waals surface area contributed by atoms with Crippen LogP contribution in [0.25, 0.3) is 0 Å². The van der Waals surface area contributed by atoms with Crippen LogP contribution in [0.5, 0.6) is 5.88 Å². The van der Waals surface area contributed by atoms with Crippen molar-refractivity contribution in [2.24, 2.45) is 10.2 Å². The van der Waals surface area contributed by atoms with Gasteiger partial charge >= 0.3 is 0 Å². The van der Waals surface area contributed by atoms with Crippen molar-refractivity contribution in [2.45, 2.75) is 19.9 Å². The molecule has 0 saturated heterocycles. The number of aryl methyl sites for hydroxylation is 1. The number of benzene rings is 2. The second-order valence-electron chi connectivity index (χ2n) is 6.57. The monoisotopic (exact) mass is 481 g/mol. The molecule has 2 aromatic carbocycles. The number of azo groups is 1. The van der Waals surface area contributed by atoms with Crippen molar-refractivity contribution in [3.63, 3.8) is 0 Å². The van der Waals surface area contributed by atoms with Gasteiger partial charge in [0.05, 0.1) is 9.40 Å². The highest BCUT2D eigenvalue weighted by Gasteiger charge is 2.19. The van der Waals surface area contributed by atoms with Crippen molar-refractivity contribution in [1.29, 1.82) is 5.26 Å². The maximum atomic E-state index is 13.0. The summed E-state index contributed by atoms with van der Waals surface area (Å²) in [4.78, 5) is 23.3. The molecule has 156 valence electrons. The van der Waals surface area contributed by atoms with E-state index in [9.17, 15) is 25.3 Å². The average molecular weight is 482 g/mol. The Morgan fingerprint density at radius 1 is 1.23 bits per heavy atom. The van der Waals surface area contributed by atoms with Gasteiger partial charge in [0.15, 0.2) is 5.69 Å². The van der Waals surface area contributed by atoms with E-state index < -0.39 is 16.4 Å². The molecule has 10 heteroatoms. The fourth-order valence-electron chi connectivity index (χ4n) is 2.94. The highest BCUT2D eigenvalue weighted by atomic mass is 79.9. The van der Waals surface area contributed by atoms with Crippen LogP contribution >= 0.6 is 15.9 Å². The van der Waals surface area contributed by atoms with Crippen molar-refractivity contribution in [3.8, 4) is 11.9 Å². The molecule has 0 unspecified atom stereocenters. The summed E-state index contributed by atoms with van der Waals surface area (Å²) in [5, 5.41) is 38.8. The van der Waals surface area contributed by atoms with E-state index in [1.165, 1.54) is 25.1 Å². The first-order chi connectivity index (χ1) is 14.8. The molecule has 1 aromatic heterocycles. The fourth-order valence-corrected chi connectivity index (χ4v) is 3.39. The Hall–Kier alpha value is -3.84. The van der Waals surface area contributed by atoms with Crippen LogP contribution in [0.2, 0.25) is 0 Å². The summed E-state index contributed by atoms with van der Waals surface area (Å²) in [7, 11) is 0. The Balaban J connectivity index is 2.02. The van der Waals surface area contributed by atoms with Gasteiger partial charge < -0.3 is 5.11 Å². The zero-order valence-corrected chi connectivity index (χ0v) is 17.9. The number of pyridine rings is 1. The lowest BCUT2D eigenvalue weighted by atomic mass is 10.1. The van der Waals surface area contributed by atoms with E-state index in [1.807, 2.05) is 36.4 Å². The second kappa shape index (κ2) is 9.32. The molecule has 31 heavy (non-hydrogen) atoms. The molecule has 0 bridgehead atoms. The zero-order valence-electron chi connectivity index (χ0n) is 16.3. The molecular formula is C21H16BrN5O4. The Morgan fingerprint density at radius 3 is 2.55 bits per heavy atom. The van der Waals surface area contributed by atoms with Gasteiger partial charge in [-0.3, -0.25) is 19.5 Å². The molecule has 0 spiro atoms. The first kappa shape index (κ1) is 21.9. The molecule has 0 amide bonds. The lowest BCUT2D eigenvalue weighted by molar-refractivity contribution is -0.384. The Labute approximate surface area is 185 Å². The smallest absolute Gasteiger partial charge is 0.281 e. The van der Waals surface area contributed by atoms with Crippen LogP contribution in [0, 0.1) is 28.4 Å². The molecule has 0 radical (unpaired) electrons. The molecule has 0 aliphatic heterocycles. The highest BCUT2D eigenvalue weighted by molar-refractivity contribution is 9.10. The zero-order chi connectivity index (χ0) is 22.5. The number of nitrogens with zero attached hydrogens (tertiary/aromatic N) is 5. The van der Waals surface area contributed by atoms with Gasteiger partial charge in [0, 0.05) is 24.2 Å². The summed E-state index contributed by atoms with van der Waals surface area (Å²) in [5.74, 6) is -0.420. The molecule has 0 saturated carbocycles. The SMILES string of the molecule is Cc1c(C#N)c(O)n(CCc2ccccc2)c(=O)c1N=Nc1ccc([N+](=O)[O-])cc1Br. The molecule has 0 atom stereocenters. The Kier molecular flexibility index (Phi) is 6.57. The Bertz CT molecular complexity index is 1280. The minimum absolute atomic E-state index is 0.0654. The van der Waals surface area contributed by atoms with Crippen LogP contribution in [-0.4, -0.2) is 14.6 Å². The van der Waals surface area contributed by atoms with Crippen LogP contribution < -0.4 is 5.56 Å². The molecular weight excluding hydrogens is 466 g/mol. The number of rotatable bonds is 6. The summed E-state index contributed by atoms with van der Waals surface area (Å²) in [5.41, 5.74) is 0.561. The van der Waals surface area contributed by atoms with Crippen molar-refractivity contribution < 1.29 is 10.0 Å². The minimum Gasteiger partial charge on any atom is -0.493 e. The van der Waals surface area contributed by atoms with Crippen LogP contribution in [0.3, 0.4) is 0 Å². The number of hydrogen-bond acceptors (Lipinski definition) is 7. The minimum atomic E-state index is -0.591. The van der Waals surface area contributed by atoms with Crippen LogP contribution in [0.15, 0.2) is 68.0 Å². The van der Waals surface area contributed by atoms with E-state index in [0.717, 1.165) is 10.1 Å². The van der Waals surface area contributed by atoms with E-state index in [-0.39, 0.29) is 34.7 Å². The number of hydrogen-bond donors (Lipinski definition) is 1. The quantitative estimate of drug-likeness (QED) is 0.298. The molecule has 0 fully saturated rings. The van der Waals surface area contributed by atoms with Crippen molar-refractivity contribution in [1.82, 2.24) is 4.57 Å². The summed E-state index contributed by atoms with van der Waals surface area (Å²) in [6.45, 7) is 1.65. The van der Waals surface area contributed by atoms with Gasteiger partial charge in [-0.2, -0.15) is 5.26 Å². The second-order valence-corrected chi connectivity index (χ2v) is 7.42. The standard InChI is InChI=1S/C21H16BrN5O4/c1-13-16(12-23)20(28)26(10-9-14-5-3-2-4-6-14)21(29)19(13)25-24-18-8-7-15(27(30)31)11-17(18)22/h2-8,11,28H,9-10H2,1H3. The molecule has 3 rings (SSSR count). The van der Waals surface area contributed by atoms with Crippen molar-refractivity contribution >= 4 is 33.0 Å². The number of nitriles is 1. The summed E-state index contributed by atoms with van der Waals surface area (Å²) >= 11 is 3.20. The number of nitro groups is 1. The summed E-state index contributed by atoms with van der Waals surface area (Å²) < 4.78 is 1.42. The van der Waals surface area contributed by atoms with Gasteiger partial charge in [-0.15, -0.1) is 10.2 Å². The highest BCUT2D eigenvalue weighted by Crippen LogP contribution is 2.32. The maximum absolute atomic E-state index is 13.0. The predicted octanol–water partition coefficient (Wildman–Crippen LogP) is 5.06. The van der Waals surface area contributed by atoms with Gasteiger partial charge in [-0.1, -0.05) is 30.3 Å². The van der Waals surface area contributed by atoms with Gasteiger partial charge in [-0.05, 0) is 40.9 Å². The largest absolute Gasteiger partial charge is 0.493 e. The average Bonchev–Trinajstić information content (AvgIpc) is 2.75. The number of halogens is 1. The molecule has 0 aliphatic rings. The normalized spacial score (nSPS) is 10.9. The fraction of sp³-hybridized carbons (Fsp3) is 0.143. The third-order valence-corrected chi connectivity index (χ3v) is 5.27. The van der Waals surface area contributed by atoms with Crippen LogP contribution in [-0.2, 0) is 13.0 Å². The van der Waals surface area contributed by atoms with E-state index in [4.69, 9.17) is 0 Å². The molecule has 1 N–H and O–H groups in total. The Morgan fingerprint density at radius 2 is 1.94 bits per heavy atom. The van der Waals surface area contributed by atoms with Crippen molar-refractivity contribution in [3.05, 3.63) is 90.2 Å². The van der Waals surface area contributed by atoms with E-state index in [1.54, 1.807) is 0 Å². The van der Waals surface area contributed by atoms with Gasteiger partial charge in [0.1, 0.15) is 17.3 Å². The lowest BCUT2D eigenvalue weighted by Gasteiger charge is -2.13. The lowest BCUT2D eigenvalue weighted by Crippen LogP contribution is -2.22. The van der Waals surface area contributed by atoms with Crippen LogP contribution in [0.1, 0.15) is 16.7 Å². The van der Waals surface area contributed by atoms with Gasteiger partial charge in [-0.25, -0.2) is 0 Å². The molecule has 3 aromatic rings. The van der Waals surface area contributed by atoms with E-state index in [0.29, 0.717) is 10.9 Å². The predicted molar refractivity (Wildman–Crippen MR) is 117 cm³/mol. The third-order valence-electron chi connectivity index (χ3n) is 4.64. The van der Waals surface area contributed by atoms with Crippen molar-refractivity contribution in [2.75, 3.05) is 0 Å². The molecule has 0 aliphatic carbocycles. The molecule has 1 heterocycles. The summed E-state index contributed by atoms with van der Waals surface area (Å²) in [6, 6.07) is 15.2. The number of aromatic hydroxyl groups is 1. The van der Waals surface area contributed by atoms with E-state index in [2.05, 4.69) is 26.2 Å².